The van der Waals surface area contributed by atoms with Crippen molar-refractivity contribution in [2.24, 2.45) is 17.4 Å². The number of aromatic nitrogens is 1. The van der Waals surface area contributed by atoms with E-state index in [1.54, 1.807) is 6.20 Å². The Morgan fingerprint density at radius 3 is 2.10 bits per heavy atom. The van der Waals surface area contributed by atoms with Gasteiger partial charge in [0, 0.05) is 23.5 Å². The molecule has 2 aromatic rings. The van der Waals surface area contributed by atoms with E-state index in [4.69, 9.17) is 11.5 Å². The molecule has 13 heteroatoms. The van der Waals surface area contributed by atoms with Gasteiger partial charge in [-0.25, -0.2) is 4.79 Å². The number of hydrogen-bond donors (Lipinski definition) is 8. The zero-order valence-electron chi connectivity index (χ0n) is 23.5. The second kappa shape index (κ2) is 16.3. The van der Waals surface area contributed by atoms with Crippen LogP contribution in [0, 0.1) is 5.92 Å². The van der Waals surface area contributed by atoms with Crippen LogP contribution in [0.1, 0.15) is 57.9 Å². The maximum atomic E-state index is 13.3. The van der Waals surface area contributed by atoms with Crippen LogP contribution < -0.4 is 27.4 Å². The van der Waals surface area contributed by atoms with Gasteiger partial charge in [-0.1, -0.05) is 32.0 Å². The van der Waals surface area contributed by atoms with E-state index in [1.165, 1.54) is 0 Å². The lowest BCUT2D eigenvalue weighted by Gasteiger charge is -2.25. The molecule has 4 atom stereocenters. The van der Waals surface area contributed by atoms with E-state index < -0.39 is 60.2 Å². The maximum Gasteiger partial charge on any atom is 0.326 e. The second-order valence-electron chi connectivity index (χ2n) is 10.5. The summed E-state index contributed by atoms with van der Waals surface area (Å²) in [5, 5.41) is 27.2. The van der Waals surface area contributed by atoms with Gasteiger partial charge in [-0.3, -0.25) is 19.2 Å². The Morgan fingerprint density at radius 2 is 1.49 bits per heavy atom. The van der Waals surface area contributed by atoms with Crippen molar-refractivity contribution in [3.8, 4) is 0 Å². The number of fused-ring (bicyclic) bond motifs is 1. The second-order valence-corrected chi connectivity index (χ2v) is 10.5. The maximum absolute atomic E-state index is 13.3. The highest BCUT2D eigenvalue weighted by molar-refractivity contribution is 5.94. The molecule has 0 bridgehead atoms. The third-order valence-electron chi connectivity index (χ3n) is 6.63. The van der Waals surface area contributed by atoms with Crippen LogP contribution in [0.4, 0.5) is 0 Å². The highest BCUT2D eigenvalue weighted by atomic mass is 16.4. The average Bonchev–Trinajstić information content (AvgIpc) is 3.32. The number of carbonyl (C=O) groups excluding carboxylic acids is 3. The number of nitrogens with one attached hydrogen (secondary N) is 4. The van der Waals surface area contributed by atoms with Gasteiger partial charge in [-0.2, -0.15) is 0 Å². The average molecular weight is 575 g/mol. The lowest BCUT2D eigenvalue weighted by molar-refractivity contribution is -0.142. The van der Waals surface area contributed by atoms with Crippen LogP contribution in [-0.2, 0) is 30.4 Å². The first-order chi connectivity index (χ1) is 19.4. The molecule has 13 nitrogen and oxygen atoms in total. The number of para-hydroxylation sites is 1. The van der Waals surface area contributed by atoms with Crippen molar-refractivity contribution in [1.82, 2.24) is 20.9 Å². The molecule has 0 saturated carbocycles. The third-order valence-corrected chi connectivity index (χ3v) is 6.63. The number of hydrogen-bond acceptors (Lipinski definition) is 7. The molecule has 0 fully saturated rings. The van der Waals surface area contributed by atoms with Gasteiger partial charge < -0.3 is 42.6 Å². The minimum absolute atomic E-state index is 0.00856. The largest absolute Gasteiger partial charge is 0.481 e. The fourth-order valence-corrected chi connectivity index (χ4v) is 4.44. The molecule has 0 spiro atoms. The molecule has 226 valence electrons. The zero-order chi connectivity index (χ0) is 30.5. The first kappa shape index (κ1) is 33.2. The van der Waals surface area contributed by atoms with Crippen LogP contribution in [-0.4, -0.2) is 75.6 Å². The molecule has 10 N–H and O–H groups in total. The fraction of sp³-hybridized carbons (Fsp3) is 0.536. The molecule has 0 saturated heterocycles. The summed E-state index contributed by atoms with van der Waals surface area (Å²) in [6.45, 7) is 4.00. The number of aliphatic carboxylic acids is 2. The minimum Gasteiger partial charge on any atom is -0.481 e. The monoisotopic (exact) mass is 574 g/mol. The molecule has 0 radical (unpaired) electrons. The molecule has 3 amide bonds. The molecule has 41 heavy (non-hydrogen) atoms. The van der Waals surface area contributed by atoms with E-state index in [9.17, 15) is 34.2 Å². The van der Waals surface area contributed by atoms with E-state index >= 15 is 0 Å². The molecule has 1 aromatic heterocycles. The molecular weight excluding hydrogens is 532 g/mol. The normalized spacial score (nSPS) is 14.2. The van der Waals surface area contributed by atoms with Crippen LogP contribution in [0.5, 0.6) is 0 Å². The van der Waals surface area contributed by atoms with Gasteiger partial charge in [0.25, 0.3) is 0 Å². The summed E-state index contributed by atoms with van der Waals surface area (Å²) in [7, 11) is 0. The Labute approximate surface area is 238 Å². The lowest BCUT2D eigenvalue weighted by atomic mass is 10.0. The van der Waals surface area contributed by atoms with E-state index in [0.717, 1.165) is 16.5 Å². The first-order valence-corrected chi connectivity index (χ1v) is 13.8. The van der Waals surface area contributed by atoms with Gasteiger partial charge in [0.05, 0.1) is 6.04 Å². The van der Waals surface area contributed by atoms with E-state index in [2.05, 4.69) is 20.9 Å². The van der Waals surface area contributed by atoms with Crippen molar-refractivity contribution in [3.05, 3.63) is 36.0 Å². The molecule has 0 aliphatic heterocycles. The minimum atomic E-state index is -1.29. The third kappa shape index (κ3) is 10.8. The summed E-state index contributed by atoms with van der Waals surface area (Å²) in [5.41, 5.74) is 13.4. The summed E-state index contributed by atoms with van der Waals surface area (Å²) in [5.74, 6) is -4.51. The standard InChI is InChI=1S/C28H42N6O7/c1-16(2)13-23(28(40)41)34-26(38)21(9-5-6-12-29)33-27(39)22(10-11-24(35)36)32-25(37)19(30)14-17-15-31-20-8-4-3-7-18(17)20/h3-4,7-8,15-16,19,21-23,31H,5-6,9-14,29-30H2,1-2H3,(H,32,37)(H,33,39)(H,34,38)(H,35,36)(H,40,41). The molecule has 0 aliphatic carbocycles. The van der Waals surface area contributed by atoms with Crippen LogP contribution in [0.25, 0.3) is 10.9 Å². The number of benzene rings is 1. The van der Waals surface area contributed by atoms with Crippen molar-refractivity contribution in [2.45, 2.75) is 83.0 Å². The number of carboxylic acid groups (broad SMARTS) is 2. The molecule has 2 rings (SSSR count). The fourth-order valence-electron chi connectivity index (χ4n) is 4.44. The SMILES string of the molecule is CC(C)CC(NC(=O)C(CCCCN)NC(=O)C(CCC(=O)O)NC(=O)C(N)Cc1c[nH]c2ccccc12)C(=O)O. The lowest BCUT2D eigenvalue weighted by Crippen LogP contribution is -2.57. The van der Waals surface area contributed by atoms with E-state index in [-0.39, 0.29) is 31.6 Å². The van der Waals surface area contributed by atoms with Gasteiger partial charge in [-0.05, 0) is 62.6 Å². The summed E-state index contributed by atoms with van der Waals surface area (Å²) in [6, 6.07) is 2.91. The molecule has 0 aliphatic rings. The van der Waals surface area contributed by atoms with Crippen molar-refractivity contribution < 1.29 is 34.2 Å². The van der Waals surface area contributed by atoms with Crippen LogP contribution >= 0.6 is 0 Å². The number of H-pyrrole nitrogens is 1. The highest BCUT2D eigenvalue weighted by Gasteiger charge is 2.31. The van der Waals surface area contributed by atoms with Gasteiger partial charge in [0.1, 0.15) is 18.1 Å². The summed E-state index contributed by atoms with van der Waals surface area (Å²) < 4.78 is 0. The highest BCUT2D eigenvalue weighted by Crippen LogP contribution is 2.19. The number of unbranched alkanes of at least 4 members (excludes halogenated alkanes) is 1. The molecule has 1 heterocycles. The smallest absolute Gasteiger partial charge is 0.326 e. The summed E-state index contributed by atoms with van der Waals surface area (Å²) in [4.78, 5) is 65.3. The van der Waals surface area contributed by atoms with Gasteiger partial charge in [0.2, 0.25) is 17.7 Å². The van der Waals surface area contributed by atoms with Crippen molar-refractivity contribution in [3.63, 3.8) is 0 Å². The van der Waals surface area contributed by atoms with Gasteiger partial charge in [-0.15, -0.1) is 0 Å². The number of rotatable bonds is 18. The Hall–Kier alpha value is -3.97. The van der Waals surface area contributed by atoms with Crippen LogP contribution in [0.2, 0.25) is 0 Å². The zero-order valence-corrected chi connectivity index (χ0v) is 23.5. The Kier molecular flexibility index (Phi) is 13.2. The number of carboxylic acids is 2. The summed E-state index contributed by atoms with van der Waals surface area (Å²) >= 11 is 0. The molecule has 4 unspecified atom stereocenters. The Balaban J connectivity index is 2.15. The topological polar surface area (TPSA) is 230 Å². The first-order valence-electron chi connectivity index (χ1n) is 13.8. The molecular formula is C28H42N6O7. The predicted octanol–water partition coefficient (Wildman–Crippen LogP) is 0.617. The van der Waals surface area contributed by atoms with Crippen molar-refractivity contribution in [2.75, 3.05) is 6.54 Å². The van der Waals surface area contributed by atoms with Crippen molar-refractivity contribution in [1.29, 1.82) is 0 Å². The predicted molar refractivity (Wildman–Crippen MR) is 153 cm³/mol. The number of nitrogens with two attached hydrogens (primary N) is 2. The summed E-state index contributed by atoms with van der Waals surface area (Å²) in [6.07, 6.45) is 2.65. The number of aromatic amines is 1. The van der Waals surface area contributed by atoms with Gasteiger partial charge in [0.15, 0.2) is 0 Å². The van der Waals surface area contributed by atoms with E-state index in [0.29, 0.717) is 19.4 Å². The number of carbonyl (C=O) groups is 5. The van der Waals surface area contributed by atoms with Crippen LogP contribution in [0.15, 0.2) is 30.5 Å². The Morgan fingerprint density at radius 1 is 0.878 bits per heavy atom. The van der Waals surface area contributed by atoms with E-state index in [1.807, 2.05) is 38.1 Å². The van der Waals surface area contributed by atoms with Crippen molar-refractivity contribution >= 4 is 40.6 Å². The number of amides is 3. The molecule has 1 aromatic carbocycles. The quantitative estimate of drug-likeness (QED) is 0.116. The Bertz CT molecular complexity index is 1200. The van der Waals surface area contributed by atoms with Crippen LogP contribution in [0.3, 0.4) is 0 Å². The van der Waals surface area contributed by atoms with Gasteiger partial charge >= 0.3 is 11.9 Å².